The molecular weight excluding hydrogens is 242 g/mol. The summed E-state index contributed by atoms with van der Waals surface area (Å²) in [6.45, 7) is 0.475. The molecule has 0 spiro atoms. The van der Waals surface area contributed by atoms with Crippen molar-refractivity contribution in [3.05, 3.63) is 54.1 Å². The average Bonchev–Trinajstić information content (AvgIpc) is 2.48. The molecule has 2 aromatic rings. The van der Waals surface area contributed by atoms with Gasteiger partial charge in [-0.15, -0.1) is 0 Å². The summed E-state index contributed by atoms with van der Waals surface area (Å²) in [5, 5.41) is 2.91. The zero-order chi connectivity index (χ0) is 13.1. The second kappa shape index (κ2) is 5.06. The minimum atomic E-state index is -0.221. The maximum atomic E-state index is 12.0. The number of benzene rings is 1. The maximum absolute atomic E-state index is 12.0. The molecule has 3 rings (SSSR count). The molecule has 5 heteroatoms. The number of hydrogen-bond acceptors (Lipinski definition) is 4. The lowest BCUT2D eigenvalue weighted by Crippen LogP contribution is -2.43. The van der Waals surface area contributed by atoms with Crippen LogP contribution in [0, 0.1) is 0 Å². The third-order valence-electron chi connectivity index (χ3n) is 3.01. The van der Waals surface area contributed by atoms with Crippen LogP contribution in [0.4, 0.5) is 0 Å². The van der Waals surface area contributed by atoms with Crippen molar-refractivity contribution in [3.8, 4) is 5.75 Å². The lowest BCUT2D eigenvalue weighted by atomic mass is 10.0. The Morgan fingerprint density at radius 1 is 1.32 bits per heavy atom. The third-order valence-corrected chi connectivity index (χ3v) is 3.01. The van der Waals surface area contributed by atoms with Gasteiger partial charge in [-0.05, 0) is 18.1 Å². The number of nitrogens with zero attached hydrogens (tertiary/aromatic N) is 2. The van der Waals surface area contributed by atoms with Gasteiger partial charge in [0, 0.05) is 12.4 Å². The largest absolute Gasteiger partial charge is 0.491 e. The molecule has 2 heterocycles. The number of amides is 1. The lowest BCUT2D eigenvalue weighted by Gasteiger charge is -2.25. The minimum Gasteiger partial charge on any atom is -0.491 e. The average molecular weight is 255 g/mol. The number of aromatic nitrogens is 2. The summed E-state index contributed by atoms with van der Waals surface area (Å²) in [5.41, 5.74) is 1.43. The van der Waals surface area contributed by atoms with E-state index in [-0.39, 0.29) is 11.9 Å². The van der Waals surface area contributed by atoms with Gasteiger partial charge in [-0.3, -0.25) is 9.78 Å². The van der Waals surface area contributed by atoms with E-state index in [1.54, 1.807) is 0 Å². The fourth-order valence-electron chi connectivity index (χ4n) is 2.10. The first-order valence-corrected chi connectivity index (χ1v) is 6.10. The summed E-state index contributed by atoms with van der Waals surface area (Å²) in [5.74, 6) is 0.675. The SMILES string of the molecule is O=C(NC1COc2ccccc2C1)c1cnccn1. The van der Waals surface area contributed by atoms with Crippen LogP contribution in [-0.2, 0) is 6.42 Å². The Hall–Kier alpha value is -2.43. The fourth-order valence-corrected chi connectivity index (χ4v) is 2.10. The van der Waals surface area contributed by atoms with E-state index in [1.165, 1.54) is 18.6 Å². The molecule has 19 heavy (non-hydrogen) atoms. The number of ether oxygens (including phenoxy) is 1. The Balaban J connectivity index is 1.68. The van der Waals surface area contributed by atoms with Crippen molar-refractivity contribution < 1.29 is 9.53 Å². The highest BCUT2D eigenvalue weighted by atomic mass is 16.5. The summed E-state index contributed by atoms with van der Waals surface area (Å²) in [6, 6.07) is 7.82. The predicted octanol–water partition coefficient (Wildman–Crippen LogP) is 1.21. The van der Waals surface area contributed by atoms with Crippen molar-refractivity contribution in [1.29, 1.82) is 0 Å². The predicted molar refractivity (Wildman–Crippen MR) is 68.9 cm³/mol. The Bertz CT molecular complexity index is 586. The second-order valence-electron chi connectivity index (χ2n) is 4.38. The smallest absolute Gasteiger partial charge is 0.271 e. The van der Waals surface area contributed by atoms with Crippen molar-refractivity contribution in [2.24, 2.45) is 0 Å². The zero-order valence-corrected chi connectivity index (χ0v) is 10.2. The molecule has 1 amide bonds. The normalized spacial score (nSPS) is 17.2. The standard InChI is InChI=1S/C14H13N3O2/c18-14(12-8-15-5-6-16-12)17-11-7-10-3-1-2-4-13(10)19-9-11/h1-6,8,11H,7,9H2,(H,17,18). The van der Waals surface area contributed by atoms with E-state index in [1.807, 2.05) is 24.3 Å². The van der Waals surface area contributed by atoms with Crippen LogP contribution in [0.5, 0.6) is 5.75 Å². The van der Waals surface area contributed by atoms with Crippen molar-refractivity contribution in [2.45, 2.75) is 12.5 Å². The molecule has 0 bridgehead atoms. The maximum Gasteiger partial charge on any atom is 0.271 e. The first-order chi connectivity index (χ1) is 9.33. The number of carbonyl (C=O) groups is 1. The highest BCUT2D eigenvalue weighted by Crippen LogP contribution is 2.23. The molecule has 1 aromatic heterocycles. The van der Waals surface area contributed by atoms with E-state index in [0.717, 1.165) is 17.7 Å². The van der Waals surface area contributed by atoms with Crippen LogP contribution in [0.1, 0.15) is 16.1 Å². The highest BCUT2D eigenvalue weighted by molar-refractivity contribution is 5.92. The third kappa shape index (κ3) is 2.54. The lowest BCUT2D eigenvalue weighted by molar-refractivity contribution is 0.0910. The molecule has 1 N–H and O–H groups in total. The first-order valence-electron chi connectivity index (χ1n) is 6.10. The molecule has 0 fully saturated rings. The number of carbonyl (C=O) groups excluding carboxylic acids is 1. The van der Waals surface area contributed by atoms with Crippen LogP contribution in [0.25, 0.3) is 0 Å². The van der Waals surface area contributed by atoms with Crippen molar-refractivity contribution in [1.82, 2.24) is 15.3 Å². The van der Waals surface area contributed by atoms with Crippen molar-refractivity contribution >= 4 is 5.91 Å². The Kier molecular flexibility index (Phi) is 3.10. The number of rotatable bonds is 2. The van der Waals surface area contributed by atoms with Gasteiger partial charge in [-0.1, -0.05) is 18.2 Å². The summed E-state index contributed by atoms with van der Waals surface area (Å²) in [4.78, 5) is 19.8. The molecule has 1 unspecified atom stereocenters. The van der Waals surface area contributed by atoms with Gasteiger partial charge in [0.15, 0.2) is 0 Å². The highest BCUT2D eigenvalue weighted by Gasteiger charge is 2.21. The molecule has 0 radical (unpaired) electrons. The van der Waals surface area contributed by atoms with Gasteiger partial charge in [0.2, 0.25) is 0 Å². The number of para-hydroxylation sites is 1. The Labute approximate surface area is 110 Å². The van der Waals surface area contributed by atoms with Gasteiger partial charge in [-0.25, -0.2) is 4.98 Å². The van der Waals surface area contributed by atoms with Gasteiger partial charge in [-0.2, -0.15) is 0 Å². The summed E-state index contributed by atoms with van der Waals surface area (Å²) < 4.78 is 5.62. The van der Waals surface area contributed by atoms with Gasteiger partial charge >= 0.3 is 0 Å². The van der Waals surface area contributed by atoms with Gasteiger partial charge in [0.25, 0.3) is 5.91 Å². The quantitative estimate of drug-likeness (QED) is 0.876. The van der Waals surface area contributed by atoms with Crippen LogP contribution >= 0.6 is 0 Å². The van der Waals surface area contributed by atoms with Crippen molar-refractivity contribution in [3.63, 3.8) is 0 Å². The van der Waals surface area contributed by atoms with Gasteiger partial charge < -0.3 is 10.1 Å². The Morgan fingerprint density at radius 2 is 2.21 bits per heavy atom. The van der Waals surface area contributed by atoms with E-state index in [4.69, 9.17) is 4.74 Å². The van der Waals surface area contributed by atoms with E-state index >= 15 is 0 Å². The summed E-state index contributed by atoms with van der Waals surface area (Å²) >= 11 is 0. The van der Waals surface area contributed by atoms with Crippen LogP contribution < -0.4 is 10.1 Å². The number of hydrogen-bond donors (Lipinski definition) is 1. The van der Waals surface area contributed by atoms with Gasteiger partial charge in [0.1, 0.15) is 18.1 Å². The molecule has 0 saturated carbocycles. The molecular formula is C14H13N3O2. The molecule has 0 aliphatic carbocycles. The molecule has 1 aliphatic rings. The van der Waals surface area contributed by atoms with Gasteiger partial charge in [0.05, 0.1) is 12.2 Å². The second-order valence-corrected chi connectivity index (χ2v) is 4.38. The molecule has 1 aliphatic heterocycles. The molecule has 1 atom stereocenters. The molecule has 1 aromatic carbocycles. The molecule has 96 valence electrons. The summed E-state index contributed by atoms with van der Waals surface area (Å²) in [7, 11) is 0. The van der Waals surface area contributed by atoms with Crippen LogP contribution in [0.2, 0.25) is 0 Å². The number of nitrogens with one attached hydrogen (secondary N) is 1. The Morgan fingerprint density at radius 3 is 3.05 bits per heavy atom. The van der Waals surface area contributed by atoms with E-state index in [9.17, 15) is 4.79 Å². The summed E-state index contributed by atoms with van der Waals surface area (Å²) in [6.07, 6.45) is 5.26. The van der Waals surface area contributed by atoms with E-state index in [2.05, 4.69) is 15.3 Å². The minimum absolute atomic E-state index is 0.0376. The van der Waals surface area contributed by atoms with E-state index in [0.29, 0.717) is 12.3 Å². The van der Waals surface area contributed by atoms with Crippen LogP contribution in [0.3, 0.4) is 0 Å². The van der Waals surface area contributed by atoms with E-state index < -0.39 is 0 Å². The number of fused-ring (bicyclic) bond motifs is 1. The fraction of sp³-hybridized carbons (Fsp3) is 0.214. The van der Waals surface area contributed by atoms with Crippen LogP contribution in [-0.4, -0.2) is 28.5 Å². The topological polar surface area (TPSA) is 64.1 Å². The van der Waals surface area contributed by atoms with Crippen molar-refractivity contribution in [2.75, 3.05) is 6.61 Å². The first kappa shape index (κ1) is 11.6. The molecule has 5 nitrogen and oxygen atoms in total. The zero-order valence-electron chi connectivity index (χ0n) is 10.2. The molecule has 0 saturated heterocycles. The van der Waals surface area contributed by atoms with Crippen LogP contribution in [0.15, 0.2) is 42.9 Å². The monoisotopic (exact) mass is 255 g/mol.